The summed E-state index contributed by atoms with van der Waals surface area (Å²) in [5.74, 6) is 0.651. The predicted octanol–water partition coefficient (Wildman–Crippen LogP) is 6.80. The summed E-state index contributed by atoms with van der Waals surface area (Å²) >= 11 is 0. The first-order valence-electron chi connectivity index (χ1n) is 15.7. The molecular formula is C38H40O10. The Morgan fingerprint density at radius 3 is 1.44 bits per heavy atom. The molecule has 0 saturated heterocycles. The highest BCUT2D eigenvalue weighted by Gasteiger charge is 2.13. The van der Waals surface area contributed by atoms with E-state index in [4.69, 9.17) is 33.2 Å². The third kappa shape index (κ3) is 11.3. The van der Waals surface area contributed by atoms with Gasteiger partial charge in [-0.3, -0.25) is 4.79 Å². The van der Waals surface area contributed by atoms with Crippen molar-refractivity contribution < 1.29 is 47.5 Å². The Hall–Kier alpha value is -5.19. The molecule has 4 rings (SSSR count). The Morgan fingerprint density at radius 2 is 0.958 bits per heavy atom. The molecule has 1 unspecified atom stereocenters. The second-order valence-electron chi connectivity index (χ2n) is 10.6. The van der Waals surface area contributed by atoms with Crippen LogP contribution in [0.4, 0.5) is 0 Å². The molecule has 1 atom stereocenters. The zero-order valence-electron chi connectivity index (χ0n) is 27.3. The summed E-state index contributed by atoms with van der Waals surface area (Å²) in [5, 5.41) is 0. The Balaban J connectivity index is 1.12. The molecule has 0 heterocycles. The van der Waals surface area contributed by atoms with E-state index in [0.29, 0.717) is 55.7 Å². The first-order chi connectivity index (χ1) is 23.4. The number of benzene rings is 4. The molecule has 0 N–H and O–H groups in total. The highest BCUT2D eigenvalue weighted by Crippen LogP contribution is 2.25. The standard InChI is InChI=1S/C38H40O10/c1-4-27(2)36(39)46-26-24-44-22-21-43-23-25-45-33-15-9-30(10-16-33)37(40)48-35-19-11-31(12-20-35)38(41)47-34-17-7-29(8-18-34)28-5-13-32(42-3)14-6-28/h5-20,27H,4,21-26H2,1-3H3. The van der Waals surface area contributed by atoms with Crippen LogP contribution in [-0.4, -0.2) is 64.7 Å². The second kappa shape index (κ2) is 18.8. The molecule has 10 nitrogen and oxygen atoms in total. The third-order valence-electron chi connectivity index (χ3n) is 7.23. The highest BCUT2D eigenvalue weighted by atomic mass is 16.6. The maximum atomic E-state index is 12.7. The van der Waals surface area contributed by atoms with Crippen molar-refractivity contribution in [3.63, 3.8) is 0 Å². The van der Waals surface area contributed by atoms with E-state index in [1.54, 1.807) is 43.5 Å². The Morgan fingerprint density at radius 1 is 0.542 bits per heavy atom. The molecule has 4 aromatic rings. The molecule has 0 aromatic heterocycles. The average Bonchev–Trinajstić information content (AvgIpc) is 3.12. The monoisotopic (exact) mass is 656 g/mol. The minimum absolute atomic E-state index is 0.105. The van der Waals surface area contributed by atoms with Crippen molar-refractivity contribution in [2.24, 2.45) is 5.92 Å². The van der Waals surface area contributed by atoms with Crippen LogP contribution in [0.1, 0.15) is 41.0 Å². The Kier molecular flexibility index (Phi) is 14.0. The molecule has 0 fully saturated rings. The van der Waals surface area contributed by atoms with E-state index in [2.05, 4.69) is 0 Å². The number of carbonyl (C=O) groups excluding carboxylic acids is 3. The quantitative estimate of drug-likeness (QED) is 0.0643. The fraction of sp³-hybridized carbons (Fsp3) is 0.289. The van der Waals surface area contributed by atoms with Gasteiger partial charge in [-0.15, -0.1) is 0 Å². The molecule has 0 radical (unpaired) electrons. The van der Waals surface area contributed by atoms with E-state index in [1.807, 2.05) is 50.2 Å². The summed E-state index contributed by atoms with van der Waals surface area (Å²) in [6.07, 6.45) is 0.745. The third-order valence-corrected chi connectivity index (χ3v) is 7.23. The summed E-state index contributed by atoms with van der Waals surface area (Å²) in [7, 11) is 1.62. The maximum absolute atomic E-state index is 12.7. The van der Waals surface area contributed by atoms with Crippen LogP contribution in [-0.2, 0) is 19.0 Å². The molecule has 4 aromatic carbocycles. The molecule has 10 heteroatoms. The van der Waals surface area contributed by atoms with Crippen molar-refractivity contribution in [3.8, 4) is 34.1 Å². The molecule has 0 spiro atoms. The van der Waals surface area contributed by atoms with Crippen LogP contribution >= 0.6 is 0 Å². The number of hydrogen-bond acceptors (Lipinski definition) is 10. The minimum atomic E-state index is -0.549. The van der Waals surface area contributed by atoms with Crippen molar-refractivity contribution in [1.82, 2.24) is 0 Å². The molecule has 252 valence electrons. The van der Waals surface area contributed by atoms with Gasteiger partial charge in [-0.25, -0.2) is 9.59 Å². The zero-order valence-corrected chi connectivity index (χ0v) is 27.3. The van der Waals surface area contributed by atoms with Gasteiger partial charge < -0.3 is 33.2 Å². The Bertz CT molecular complexity index is 1580. The van der Waals surface area contributed by atoms with Crippen LogP contribution in [0.5, 0.6) is 23.0 Å². The molecule has 0 aliphatic carbocycles. The van der Waals surface area contributed by atoms with Gasteiger partial charge in [-0.2, -0.15) is 0 Å². The second-order valence-corrected chi connectivity index (χ2v) is 10.6. The van der Waals surface area contributed by atoms with E-state index in [1.165, 1.54) is 24.3 Å². The highest BCUT2D eigenvalue weighted by molar-refractivity contribution is 5.92. The molecule has 0 bridgehead atoms. The van der Waals surface area contributed by atoms with Gasteiger partial charge in [0, 0.05) is 0 Å². The van der Waals surface area contributed by atoms with Gasteiger partial charge in [0.05, 0.1) is 50.6 Å². The number of carbonyl (C=O) groups is 3. The summed E-state index contributed by atoms with van der Waals surface area (Å²) in [6.45, 7) is 5.76. The van der Waals surface area contributed by atoms with Gasteiger partial charge in [0.2, 0.25) is 0 Å². The van der Waals surface area contributed by atoms with Crippen LogP contribution in [0.3, 0.4) is 0 Å². The van der Waals surface area contributed by atoms with Gasteiger partial charge in [0.1, 0.15) is 36.2 Å². The first kappa shape index (κ1) is 35.7. The lowest BCUT2D eigenvalue weighted by molar-refractivity contribution is -0.149. The first-order valence-corrected chi connectivity index (χ1v) is 15.7. The van der Waals surface area contributed by atoms with E-state index in [0.717, 1.165) is 23.3 Å². The van der Waals surface area contributed by atoms with Crippen LogP contribution in [0.25, 0.3) is 11.1 Å². The van der Waals surface area contributed by atoms with Crippen molar-refractivity contribution in [2.45, 2.75) is 20.3 Å². The number of ether oxygens (including phenoxy) is 7. The van der Waals surface area contributed by atoms with Crippen LogP contribution in [0, 0.1) is 5.92 Å². The van der Waals surface area contributed by atoms with Crippen molar-refractivity contribution in [3.05, 3.63) is 108 Å². The fourth-order valence-electron chi connectivity index (χ4n) is 4.23. The van der Waals surface area contributed by atoms with Crippen LogP contribution < -0.4 is 18.9 Å². The molecule has 0 amide bonds. The maximum Gasteiger partial charge on any atom is 0.343 e. The summed E-state index contributed by atoms with van der Waals surface area (Å²) in [5.41, 5.74) is 2.64. The van der Waals surface area contributed by atoms with E-state index in [9.17, 15) is 14.4 Å². The van der Waals surface area contributed by atoms with E-state index >= 15 is 0 Å². The van der Waals surface area contributed by atoms with E-state index < -0.39 is 11.9 Å². The van der Waals surface area contributed by atoms with Gasteiger partial charge >= 0.3 is 17.9 Å². The molecule has 48 heavy (non-hydrogen) atoms. The largest absolute Gasteiger partial charge is 0.497 e. The van der Waals surface area contributed by atoms with E-state index in [-0.39, 0.29) is 24.2 Å². The summed E-state index contributed by atoms with van der Waals surface area (Å²) in [6, 6.07) is 27.6. The SMILES string of the molecule is CCC(C)C(=O)OCCOCCOCCOc1ccc(C(=O)Oc2ccc(C(=O)Oc3ccc(-c4ccc(OC)cc4)cc3)cc2)cc1. The van der Waals surface area contributed by atoms with Gasteiger partial charge in [-0.1, -0.05) is 38.1 Å². The number of esters is 3. The lowest BCUT2D eigenvalue weighted by atomic mass is 10.1. The summed E-state index contributed by atoms with van der Waals surface area (Å²) < 4.78 is 37.8. The molecular weight excluding hydrogens is 616 g/mol. The number of rotatable bonds is 18. The number of methoxy groups -OCH3 is 1. The van der Waals surface area contributed by atoms with Crippen LogP contribution in [0.2, 0.25) is 0 Å². The lowest BCUT2D eigenvalue weighted by Gasteiger charge is -2.10. The Labute approximate surface area is 280 Å². The zero-order chi connectivity index (χ0) is 34.1. The van der Waals surface area contributed by atoms with Gasteiger partial charge in [0.25, 0.3) is 0 Å². The van der Waals surface area contributed by atoms with Crippen molar-refractivity contribution in [1.29, 1.82) is 0 Å². The predicted molar refractivity (Wildman–Crippen MR) is 179 cm³/mol. The lowest BCUT2D eigenvalue weighted by Crippen LogP contribution is -2.18. The average molecular weight is 657 g/mol. The van der Waals surface area contributed by atoms with Crippen LogP contribution in [0.15, 0.2) is 97.1 Å². The molecule has 0 saturated carbocycles. The topological polar surface area (TPSA) is 116 Å². The summed E-state index contributed by atoms with van der Waals surface area (Å²) in [4.78, 5) is 36.9. The van der Waals surface area contributed by atoms with Gasteiger partial charge in [-0.05, 0) is 90.3 Å². The molecule has 0 aliphatic rings. The minimum Gasteiger partial charge on any atom is -0.497 e. The molecule has 0 aliphatic heterocycles. The smallest absolute Gasteiger partial charge is 0.343 e. The van der Waals surface area contributed by atoms with Gasteiger partial charge in [0.15, 0.2) is 0 Å². The fourth-order valence-corrected chi connectivity index (χ4v) is 4.23. The van der Waals surface area contributed by atoms with Crippen molar-refractivity contribution >= 4 is 17.9 Å². The van der Waals surface area contributed by atoms with Crippen molar-refractivity contribution in [2.75, 3.05) is 46.8 Å². The number of hydrogen-bond donors (Lipinski definition) is 0. The normalized spacial score (nSPS) is 11.3.